The summed E-state index contributed by atoms with van der Waals surface area (Å²) >= 11 is 0. The van der Waals surface area contributed by atoms with Crippen LogP contribution in [-0.2, 0) is 16.0 Å². The number of ether oxygens (including phenoxy) is 1. The molecule has 1 aromatic heterocycles. The molecule has 1 aliphatic heterocycles. The standard InChI is InChI=1S/C13H20N2O3/c1-9(6-10-4-3-5-18-10)15-12(16)13(2)8-17-7-11(13)14/h3-5,9,11H,6-8,14H2,1-2H3,(H,15,16). The van der Waals surface area contributed by atoms with E-state index in [1.807, 2.05) is 26.0 Å². The summed E-state index contributed by atoms with van der Waals surface area (Å²) in [7, 11) is 0. The average molecular weight is 252 g/mol. The third kappa shape index (κ3) is 2.57. The quantitative estimate of drug-likeness (QED) is 0.826. The SMILES string of the molecule is CC(Cc1ccco1)NC(=O)C1(C)COCC1N. The third-order valence-electron chi connectivity index (χ3n) is 3.50. The monoisotopic (exact) mass is 252 g/mol. The van der Waals surface area contributed by atoms with Crippen molar-refractivity contribution in [2.24, 2.45) is 11.1 Å². The Balaban J connectivity index is 1.91. The number of amides is 1. The Hall–Kier alpha value is -1.33. The van der Waals surface area contributed by atoms with Gasteiger partial charge in [0.2, 0.25) is 5.91 Å². The summed E-state index contributed by atoms with van der Waals surface area (Å²) in [6, 6.07) is 3.50. The van der Waals surface area contributed by atoms with Crippen LogP contribution in [0.15, 0.2) is 22.8 Å². The number of hydrogen-bond acceptors (Lipinski definition) is 4. The van der Waals surface area contributed by atoms with Gasteiger partial charge in [0.25, 0.3) is 0 Å². The lowest BCUT2D eigenvalue weighted by atomic mass is 9.84. The van der Waals surface area contributed by atoms with Gasteiger partial charge >= 0.3 is 0 Å². The number of nitrogens with two attached hydrogens (primary N) is 1. The third-order valence-corrected chi connectivity index (χ3v) is 3.50. The van der Waals surface area contributed by atoms with Crippen LogP contribution in [-0.4, -0.2) is 31.2 Å². The highest BCUT2D eigenvalue weighted by Crippen LogP contribution is 2.27. The van der Waals surface area contributed by atoms with Crippen molar-refractivity contribution in [2.45, 2.75) is 32.4 Å². The second-order valence-corrected chi connectivity index (χ2v) is 5.20. The zero-order chi connectivity index (χ0) is 13.2. The molecule has 0 saturated carbocycles. The fourth-order valence-electron chi connectivity index (χ4n) is 2.09. The van der Waals surface area contributed by atoms with E-state index in [0.29, 0.717) is 19.6 Å². The zero-order valence-corrected chi connectivity index (χ0v) is 10.8. The Morgan fingerprint density at radius 3 is 3.06 bits per heavy atom. The molecular weight excluding hydrogens is 232 g/mol. The summed E-state index contributed by atoms with van der Waals surface area (Å²) in [4.78, 5) is 12.2. The molecule has 100 valence electrons. The van der Waals surface area contributed by atoms with Gasteiger partial charge in [-0.25, -0.2) is 0 Å². The number of nitrogens with one attached hydrogen (secondary N) is 1. The van der Waals surface area contributed by atoms with E-state index in [0.717, 1.165) is 5.76 Å². The Bertz CT molecular complexity index is 404. The molecule has 1 aliphatic rings. The lowest BCUT2D eigenvalue weighted by molar-refractivity contribution is -0.131. The lowest BCUT2D eigenvalue weighted by Crippen LogP contribution is -2.52. The van der Waals surface area contributed by atoms with Gasteiger partial charge in [0.15, 0.2) is 0 Å². The zero-order valence-electron chi connectivity index (χ0n) is 10.8. The average Bonchev–Trinajstić information content (AvgIpc) is 2.91. The Morgan fingerprint density at radius 2 is 2.50 bits per heavy atom. The van der Waals surface area contributed by atoms with Crippen molar-refractivity contribution in [1.29, 1.82) is 0 Å². The Kier molecular flexibility index (Phi) is 3.73. The second kappa shape index (κ2) is 5.12. The minimum absolute atomic E-state index is 0.00766. The molecule has 0 aromatic carbocycles. The molecule has 3 atom stereocenters. The molecule has 2 heterocycles. The van der Waals surface area contributed by atoms with Gasteiger partial charge < -0.3 is 20.2 Å². The summed E-state index contributed by atoms with van der Waals surface area (Å²) in [6.07, 6.45) is 2.30. The van der Waals surface area contributed by atoms with Gasteiger partial charge in [-0.05, 0) is 26.0 Å². The van der Waals surface area contributed by atoms with E-state index < -0.39 is 5.41 Å². The van der Waals surface area contributed by atoms with Gasteiger partial charge in [-0.2, -0.15) is 0 Å². The largest absolute Gasteiger partial charge is 0.469 e. The molecule has 3 N–H and O–H groups in total. The van der Waals surface area contributed by atoms with Crippen molar-refractivity contribution in [3.63, 3.8) is 0 Å². The highest BCUT2D eigenvalue weighted by molar-refractivity contribution is 5.83. The van der Waals surface area contributed by atoms with Crippen LogP contribution in [0.2, 0.25) is 0 Å². The maximum absolute atomic E-state index is 12.2. The molecular formula is C13H20N2O3. The topological polar surface area (TPSA) is 77.5 Å². The summed E-state index contributed by atoms with van der Waals surface area (Å²) in [6.45, 7) is 4.62. The minimum Gasteiger partial charge on any atom is -0.469 e. The van der Waals surface area contributed by atoms with Gasteiger partial charge in [0.1, 0.15) is 5.76 Å². The van der Waals surface area contributed by atoms with Crippen LogP contribution < -0.4 is 11.1 Å². The van der Waals surface area contributed by atoms with Crippen LogP contribution in [0.5, 0.6) is 0 Å². The summed E-state index contributed by atoms with van der Waals surface area (Å²) in [5.74, 6) is 0.812. The first kappa shape index (κ1) is 13.1. The van der Waals surface area contributed by atoms with Crippen LogP contribution in [0.1, 0.15) is 19.6 Å². The van der Waals surface area contributed by atoms with Gasteiger partial charge in [-0.15, -0.1) is 0 Å². The first-order chi connectivity index (χ1) is 8.52. The summed E-state index contributed by atoms with van der Waals surface area (Å²) in [5.41, 5.74) is 5.29. The molecule has 1 saturated heterocycles. The fraction of sp³-hybridized carbons (Fsp3) is 0.615. The van der Waals surface area contributed by atoms with Crippen molar-refractivity contribution in [1.82, 2.24) is 5.32 Å². The molecule has 0 bridgehead atoms. The first-order valence-electron chi connectivity index (χ1n) is 6.19. The summed E-state index contributed by atoms with van der Waals surface area (Å²) in [5, 5.41) is 2.97. The fourth-order valence-corrected chi connectivity index (χ4v) is 2.09. The Morgan fingerprint density at radius 1 is 1.72 bits per heavy atom. The first-order valence-corrected chi connectivity index (χ1v) is 6.19. The Labute approximate surface area is 107 Å². The molecule has 5 heteroatoms. The van der Waals surface area contributed by atoms with Crippen LogP contribution in [0.25, 0.3) is 0 Å². The van der Waals surface area contributed by atoms with Crippen molar-refractivity contribution in [3.05, 3.63) is 24.2 Å². The van der Waals surface area contributed by atoms with Crippen molar-refractivity contribution in [3.8, 4) is 0 Å². The second-order valence-electron chi connectivity index (χ2n) is 5.20. The number of furan rings is 1. The van der Waals surface area contributed by atoms with E-state index in [-0.39, 0.29) is 18.0 Å². The molecule has 1 aromatic rings. The molecule has 2 rings (SSSR count). The number of carbonyl (C=O) groups is 1. The lowest BCUT2D eigenvalue weighted by Gasteiger charge is -2.27. The van der Waals surface area contributed by atoms with E-state index in [4.69, 9.17) is 14.9 Å². The smallest absolute Gasteiger partial charge is 0.230 e. The number of carbonyl (C=O) groups excluding carboxylic acids is 1. The molecule has 0 aliphatic carbocycles. The van der Waals surface area contributed by atoms with Crippen molar-refractivity contribution in [2.75, 3.05) is 13.2 Å². The predicted octanol–water partition coefficient (Wildman–Crippen LogP) is 0.691. The molecule has 0 spiro atoms. The van der Waals surface area contributed by atoms with Gasteiger partial charge in [0, 0.05) is 18.5 Å². The predicted molar refractivity (Wildman–Crippen MR) is 66.9 cm³/mol. The number of hydrogen-bond donors (Lipinski definition) is 2. The molecule has 1 fully saturated rings. The van der Waals surface area contributed by atoms with E-state index in [1.54, 1.807) is 6.26 Å². The van der Waals surface area contributed by atoms with Crippen LogP contribution in [0.3, 0.4) is 0 Å². The highest BCUT2D eigenvalue weighted by Gasteiger charge is 2.44. The molecule has 3 unspecified atom stereocenters. The van der Waals surface area contributed by atoms with E-state index in [1.165, 1.54) is 0 Å². The van der Waals surface area contributed by atoms with Gasteiger partial charge in [0.05, 0.1) is 24.9 Å². The van der Waals surface area contributed by atoms with Gasteiger partial charge in [-0.3, -0.25) is 4.79 Å². The van der Waals surface area contributed by atoms with Crippen LogP contribution in [0, 0.1) is 5.41 Å². The van der Waals surface area contributed by atoms with E-state index >= 15 is 0 Å². The molecule has 18 heavy (non-hydrogen) atoms. The molecule has 1 amide bonds. The van der Waals surface area contributed by atoms with Crippen LogP contribution in [0.4, 0.5) is 0 Å². The van der Waals surface area contributed by atoms with Gasteiger partial charge in [-0.1, -0.05) is 0 Å². The van der Waals surface area contributed by atoms with E-state index in [2.05, 4.69) is 5.32 Å². The molecule has 0 radical (unpaired) electrons. The summed E-state index contributed by atoms with van der Waals surface area (Å²) < 4.78 is 10.5. The number of rotatable bonds is 4. The highest BCUT2D eigenvalue weighted by atomic mass is 16.5. The minimum atomic E-state index is -0.628. The maximum atomic E-state index is 12.2. The normalized spacial score (nSPS) is 29.2. The van der Waals surface area contributed by atoms with Crippen LogP contribution >= 0.6 is 0 Å². The van der Waals surface area contributed by atoms with E-state index in [9.17, 15) is 4.79 Å². The van der Waals surface area contributed by atoms with Crippen molar-refractivity contribution >= 4 is 5.91 Å². The maximum Gasteiger partial charge on any atom is 0.230 e. The molecule has 5 nitrogen and oxygen atoms in total. The van der Waals surface area contributed by atoms with Crippen molar-refractivity contribution < 1.29 is 13.9 Å².